The second-order valence-electron chi connectivity index (χ2n) is 6.63. The molecular weight excluding hydrogens is 278 g/mol. The van der Waals surface area contributed by atoms with Gasteiger partial charge in [0.1, 0.15) is 0 Å². The Morgan fingerprint density at radius 2 is 2.05 bits per heavy atom. The van der Waals surface area contributed by atoms with Crippen molar-refractivity contribution in [1.29, 1.82) is 0 Å². The summed E-state index contributed by atoms with van der Waals surface area (Å²) >= 11 is 1.91. The monoisotopic (exact) mass is 309 g/mol. The first kappa shape index (κ1) is 16.8. The van der Waals surface area contributed by atoms with Gasteiger partial charge < -0.3 is 10.2 Å². The number of rotatable bonds is 8. The second-order valence-corrected chi connectivity index (χ2v) is 7.69. The Balaban J connectivity index is 2.23. The SMILES string of the molecule is CCCc1nc(N(CC(C)C)C2CCCC2)sc1CNC. The minimum absolute atomic E-state index is 0.692. The normalized spacial score (nSPS) is 16.0. The van der Waals surface area contributed by atoms with Crippen molar-refractivity contribution >= 4 is 16.5 Å². The van der Waals surface area contributed by atoms with Gasteiger partial charge in [-0.1, -0.05) is 40.0 Å². The van der Waals surface area contributed by atoms with Gasteiger partial charge in [-0.25, -0.2) is 4.98 Å². The summed E-state index contributed by atoms with van der Waals surface area (Å²) in [5.41, 5.74) is 1.32. The number of aryl methyl sites for hydroxylation is 1. The summed E-state index contributed by atoms with van der Waals surface area (Å²) in [6.07, 6.45) is 7.74. The van der Waals surface area contributed by atoms with Crippen LogP contribution in [-0.4, -0.2) is 24.6 Å². The van der Waals surface area contributed by atoms with Crippen molar-refractivity contribution < 1.29 is 0 Å². The van der Waals surface area contributed by atoms with Gasteiger partial charge in [0.25, 0.3) is 0 Å². The van der Waals surface area contributed by atoms with Crippen molar-refractivity contribution in [1.82, 2.24) is 10.3 Å². The summed E-state index contributed by atoms with van der Waals surface area (Å²) in [5.74, 6) is 0.692. The highest BCUT2D eigenvalue weighted by molar-refractivity contribution is 7.15. The molecule has 1 heterocycles. The van der Waals surface area contributed by atoms with Crippen LogP contribution in [0.1, 0.15) is 63.4 Å². The average Bonchev–Trinajstić information content (AvgIpc) is 3.07. The Kier molecular flexibility index (Phi) is 6.49. The van der Waals surface area contributed by atoms with E-state index in [1.54, 1.807) is 0 Å². The van der Waals surface area contributed by atoms with Gasteiger partial charge in [-0.05, 0) is 32.2 Å². The predicted octanol–water partition coefficient (Wildman–Crippen LogP) is 4.22. The van der Waals surface area contributed by atoms with Crippen molar-refractivity contribution in [2.24, 2.45) is 5.92 Å². The molecule has 1 aliphatic carbocycles. The zero-order chi connectivity index (χ0) is 15.2. The maximum absolute atomic E-state index is 5.02. The van der Waals surface area contributed by atoms with Crippen molar-refractivity contribution in [3.8, 4) is 0 Å². The van der Waals surface area contributed by atoms with Crippen LogP contribution in [0, 0.1) is 5.92 Å². The molecule has 1 aromatic rings. The van der Waals surface area contributed by atoms with Gasteiger partial charge in [0.15, 0.2) is 5.13 Å². The zero-order valence-corrected chi connectivity index (χ0v) is 14.9. The fraction of sp³-hybridized carbons (Fsp3) is 0.824. The van der Waals surface area contributed by atoms with Crippen LogP contribution in [-0.2, 0) is 13.0 Å². The van der Waals surface area contributed by atoms with E-state index >= 15 is 0 Å². The van der Waals surface area contributed by atoms with E-state index in [0.29, 0.717) is 5.92 Å². The maximum atomic E-state index is 5.02. The van der Waals surface area contributed by atoms with E-state index in [1.807, 2.05) is 18.4 Å². The minimum Gasteiger partial charge on any atom is -0.345 e. The average molecular weight is 310 g/mol. The van der Waals surface area contributed by atoms with Crippen molar-refractivity contribution in [2.75, 3.05) is 18.5 Å². The molecule has 1 aromatic heterocycles. The highest BCUT2D eigenvalue weighted by Crippen LogP contribution is 2.33. The largest absolute Gasteiger partial charge is 0.345 e. The van der Waals surface area contributed by atoms with Crippen LogP contribution < -0.4 is 10.2 Å². The van der Waals surface area contributed by atoms with Crippen LogP contribution in [0.3, 0.4) is 0 Å². The van der Waals surface area contributed by atoms with Crippen LogP contribution in [0.2, 0.25) is 0 Å². The van der Waals surface area contributed by atoms with Crippen LogP contribution in [0.25, 0.3) is 0 Å². The molecule has 0 aromatic carbocycles. The number of nitrogens with zero attached hydrogens (tertiary/aromatic N) is 2. The van der Waals surface area contributed by atoms with Gasteiger partial charge >= 0.3 is 0 Å². The number of nitrogens with one attached hydrogen (secondary N) is 1. The lowest BCUT2D eigenvalue weighted by atomic mass is 10.1. The quantitative estimate of drug-likeness (QED) is 0.779. The Hall–Kier alpha value is -0.610. The topological polar surface area (TPSA) is 28.2 Å². The Morgan fingerprint density at radius 1 is 1.33 bits per heavy atom. The summed E-state index contributed by atoms with van der Waals surface area (Å²) in [5, 5.41) is 4.57. The highest BCUT2D eigenvalue weighted by Gasteiger charge is 2.26. The van der Waals surface area contributed by atoms with E-state index < -0.39 is 0 Å². The number of aromatic nitrogens is 1. The zero-order valence-electron chi connectivity index (χ0n) is 14.1. The lowest BCUT2D eigenvalue weighted by Gasteiger charge is -2.30. The summed E-state index contributed by atoms with van der Waals surface area (Å²) in [4.78, 5) is 9.06. The smallest absolute Gasteiger partial charge is 0.186 e. The molecule has 0 saturated heterocycles. The number of hydrogen-bond donors (Lipinski definition) is 1. The molecule has 0 bridgehead atoms. The van der Waals surface area contributed by atoms with Crippen molar-refractivity contribution in [3.63, 3.8) is 0 Å². The third-order valence-electron chi connectivity index (χ3n) is 4.16. The molecule has 21 heavy (non-hydrogen) atoms. The van der Waals surface area contributed by atoms with E-state index in [-0.39, 0.29) is 0 Å². The molecule has 0 amide bonds. The van der Waals surface area contributed by atoms with E-state index in [2.05, 4.69) is 31.0 Å². The van der Waals surface area contributed by atoms with Crippen LogP contribution in [0.5, 0.6) is 0 Å². The molecule has 4 heteroatoms. The third-order valence-corrected chi connectivity index (χ3v) is 5.30. The molecule has 1 fully saturated rings. The predicted molar refractivity (Wildman–Crippen MR) is 93.3 cm³/mol. The summed E-state index contributed by atoms with van der Waals surface area (Å²) in [6.45, 7) is 8.97. The minimum atomic E-state index is 0.692. The van der Waals surface area contributed by atoms with Crippen LogP contribution in [0.15, 0.2) is 0 Å². The Morgan fingerprint density at radius 3 is 2.62 bits per heavy atom. The van der Waals surface area contributed by atoms with Crippen LogP contribution >= 0.6 is 11.3 Å². The van der Waals surface area contributed by atoms with Crippen molar-refractivity contribution in [3.05, 3.63) is 10.6 Å². The van der Waals surface area contributed by atoms with E-state index in [1.165, 1.54) is 47.8 Å². The lowest BCUT2D eigenvalue weighted by molar-refractivity contribution is 0.534. The van der Waals surface area contributed by atoms with Gasteiger partial charge in [0.05, 0.1) is 5.69 Å². The molecule has 120 valence electrons. The first-order valence-corrected chi connectivity index (χ1v) is 9.37. The molecule has 0 radical (unpaired) electrons. The molecule has 1 saturated carbocycles. The van der Waals surface area contributed by atoms with Gasteiger partial charge in [-0.2, -0.15) is 0 Å². The molecule has 2 rings (SSSR count). The first-order chi connectivity index (χ1) is 10.2. The lowest BCUT2D eigenvalue weighted by Crippen LogP contribution is -2.36. The van der Waals surface area contributed by atoms with E-state index in [9.17, 15) is 0 Å². The molecule has 1 aliphatic rings. The first-order valence-electron chi connectivity index (χ1n) is 8.55. The van der Waals surface area contributed by atoms with Crippen molar-refractivity contribution in [2.45, 2.75) is 71.9 Å². The van der Waals surface area contributed by atoms with Gasteiger partial charge in [0, 0.05) is 24.0 Å². The fourth-order valence-corrected chi connectivity index (χ4v) is 4.42. The summed E-state index contributed by atoms with van der Waals surface area (Å²) in [7, 11) is 2.03. The third kappa shape index (κ3) is 4.43. The van der Waals surface area contributed by atoms with Gasteiger partial charge in [-0.15, -0.1) is 11.3 Å². The number of hydrogen-bond acceptors (Lipinski definition) is 4. The standard InChI is InChI=1S/C17H31N3S/c1-5-8-15-16(11-18-4)21-17(19-15)20(12-13(2)3)14-9-6-7-10-14/h13-14,18H,5-12H2,1-4H3. The highest BCUT2D eigenvalue weighted by atomic mass is 32.1. The molecule has 1 N–H and O–H groups in total. The fourth-order valence-electron chi connectivity index (χ4n) is 3.22. The number of anilines is 1. The second kappa shape index (κ2) is 8.14. The molecule has 0 aliphatic heterocycles. The molecule has 0 unspecified atom stereocenters. The number of thiazole rings is 1. The summed E-state index contributed by atoms with van der Waals surface area (Å²) < 4.78 is 0. The van der Waals surface area contributed by atoms with Crippen LogP contribution in [0.4, 0.5) is 5.13 Å². The molecule has 3 nitrogen and oxygen atoms in total. The van der Waals surface area contributed by atoms with E-state index in [4.69, 9.17) is 4.98 Å². The molecule has 0 atom stereocenters. The molecular formula is C17H31N3S. The summed E-state index contributed by atoms with van der Waals surface area (Å²) in [6, 6.07) is 0.718. The Labute approximate surface area is 134 Å². The van der Waals surface area contributed by atoms with Gasteiger partial charge in [0.2, 0.25) is 0 Å². The van der Waals surface area contributed by atoms with Gasteiger partial charge in [-0.3, -0.25) is 0 Å². The maximum Gasteiger partial charge on any atom is 0.186 e. The Bertz CT molecular complexity index is 398. The molecule has 0 spiro atoms. The van der Waals surface area contributed by atoms with E-state index in [0.717, 1.165) is 25.6 Å².